The average molecular weight is 260 g/mol. The highest BCUT2D eigenvalue weighted by Gasteiger charge is 2.25. The third-order valence-corrected chi connectivity index (χ3v) is 4.00. The Balaban J connectivity index is 1.81. The van der Waals surface area contributed by atoms with Gasteiger partial charge in [-0.25, -0.2) is 0 Å². The molecule has 1 atom stereocenters. The highest BCUT2D eigenvalue weighted by Crippen LogP contribution is 2.17. The van der Waals surface area contributed by atoms with E-state index in [0.717, 1.165) is 32.5 Å². The van der Waals surface area contributed by atoms with Gasteiger partial charge in [0.05, 0.1) is 0 Å². The lowest BCUT2D eigenvalue weighted by molar-refractivity contribution is -0.130. The first-order valence-corrected chi connectivity index (χ1v) is 7.17. The van der Waals surface area contributed by atoms with E-state index >= 15 is 0 Å². The smallest absolute Gasteiger partial charge is 0.222 e. The van der Waals surface area contributed by atoms with Crippen molar-refractivity contribution in [3.63, 3.8) is 0 Å². The Hall–Kier alpha value is -1.35. The second kappa shape index (κ2) is 6.71. The molecule has 1 aliphatic rings. The molecule has 1 amide bonds. The summed E-state index contributed by atoms with van der Waals surface area (Å²) in [6.45, 7) is 4.98. The van der Waals surface area contributed by atoms with E-state index in [4.69, 9.17) is 0 Å². The van der Waals surface area contributed by atoms with Crippen molar-refractivity contribution in [2.75, 3.05) is 26.7 Å². The van der Waals surface area contributed by atoms with Crippen LogP contribution in [-0.4, -0.2) is 37.5 Å². The first kappa shape index (κ1) is 14.1. The number of benzene rings is 1. The number of likely N-dealkylation sites (tertiary alicyclic amines) is 1. The Kier molecular flexibility index (Phi) is 4.97. The van der Waals surface area contributed by atoms with Crippen molar-refractivity contribution in [2.45, 2.75) is 26.2 Å². The summed E-state index contributed by atoms with van der Waals surface area (Å²) in [4.78, 5) is 14.2. The van der Waals surface area contributed by atoms with Crippen molar-refractivity contribution in [3.8, 4) is 0 Å². The Labute approximate surface area is 116 Å². The highest BCUT2D eigenvalue weighted by molar-refractivity contribution is 5.76. The number of hydrogen-bond donors (Lipinski definition) is 1. The van der Waals surface area contributed by atoms with Crippen molar-refractivity contribution in [1.82, 2.24) is 10.2 Å². The fourth-order valence-electron chi connectivity index (χ4n) is 2.80. The van der Waals surface area contributed by atoms with Gasteiger partial charge in [0.1, 0.15) is 0 Å². The van der Waals surface area contributed by atoms with Crippen LogP contribution in [-0.2, 0) is 11.2 Å². The highest BCUT2D eigenvalue weighted by atomic mass is 16.2. The molecule has 3 nitrogen and oxygen atoms in total. The maximum atomic E-state index is 12.2. The van der Waals surface area contributed by atoms with Crippen LogP contribution in [0.3, 0.4) is 0 Å². The average Bonchev–Trinajstić information content (AvgIpc) is 2.87. The van der Waals surface area contributed by atoms with Gasteiger partial charge in [-0.15, -0.1) is 0 Å². The zero-order valence-corrected chi connectivity index (χ0v) is 12.0. The molecule has 0 radical (unpaired) electrons. The number of carbonyl (C=O) groups is 1. The second-order valence-corrected chi connectivity index (χ2v) is 5.48. The van der Waals surface area contributed by atoms with E-state index in [9.17, 15) is 4.79 Å². The lowest BCUT2D eigenvalue weighted by Gasteiger charge is -2.17. The zero-order chi connectivity index (χ0) is 13.7. The van der Waals surface area contributed by atoms with Gasteiger partial charge in [-0.2, -0.15) is 0 Å². The fourth-order valence-corrected chi connectivity index (χ4v) is 2.80. The van der Waals surface area contributed by atoms with Crippen LogP contribution in [0.2, 0.25) is 0 Å². The minimum atomic E-state index is 0.307. The van der Waals surface area contributed by atoms with Crippen LogP contribution in [0.4, 0.5) is 0 Å². The first-order valence-electron chi connectivity index (χ1n) is 7.17. The van der Waals surface area contributed by atoms with E-state index in [1.165, 1.54) is 11.1 Å². The topological polar surface area (TPSA) is 32.3 Å². The fraction of sp³-hybridized carbons (Fsp3) is 0.562. The SMILES string of the molecule is CNCC1CCN(C(=O)CCc2ccccc2C)C1. The summed E-state index contributed by atoms with van der Waals surface area (Å²) in [5.74, 6) is 0.939. The van der Waals surface area contributed by atoms with Crippen LogP contribution in [0.15, 0.2) is 24.3 Å². The van der Waals surface area contributed by atoms with E-state index in [-0.39, 0.29) is 0 Å². The number of rotatable bonds is 5. The van der Waals surface area contributed by atoms with Crippen LogP contribution in [0.5, 0.6) is 0 Å². The summed E-state index contributed by atoms with van der Waals surface area (Å²) >= 11 is 0. The van der Waals surface area contributed by atoms with Crippen LogP contribution < -0.4 is 5.32 Å². The van der Waals surface area contributed by atoms with E-state index in [0.29, 0.717) is 18.2 Å². The molecule has 0 aliphatic carbocycles. The Morgan fingerprint density at radius 2 is 2.21 bits per heavy atom. The molecule has 19 heavy (non-hydrogen) atoms. The van der Waals surface area contributed by atoms with E-state index in [2.05, 4.69) is 24.4 Å². The molecule has 0 aromatic heterocycles. The number of hydrogen-bond acceptors (Lipinski definition) is 2. The van der Waals surface area contributed by atoms with Crippen molar-refractivity contribution in [3.05, 3.63) is 35.4 Å². The quantitative estimate of drug-likeness (QED) is 0.878. The van der Waals surface area contributed by atoms with Crippen LogP contribution in [0, 0.1) is 12.8 Å². The predicted molar refractivity (Wildman–Crippen MR) is 78.1 cm³/mol. The van der Waals surface area contributed by atoms with Crippen LogP contribution >= 0.6 is 0 Å². The van der Waals surface area contributed by atoms with Gasteiger partial charge < -0.3 is 10.2 Å². The molecule has 2 rings (SSSR count). The summed E-state index contributed by atoms with van der Waals surface area (Å²) in [5.41, 5.74) is 2.58. The number of amides is 1. The van der Waals surface area contributed by atoms with Crippen molar-refractivity contribution < 1.29 is 4.79 Å². The molecule has 1 aliphatic heterocycles. The Bertz CT molecular complexity index is 431. The lowest BCUT2D eigenvalue weighted by atomic mass is 10.0. The summed E-state index contributed by atoms with van der Waals surface area (Å²) < 4.78 is 0. The molecule has 1 unspecified atom stereocenters. The van der Waals surface area contributed by atoms with Crippen molar-refractivity contribution in [1.29, 1.82) is 0 Å². The van der Waals surface area contributed by atoms with Gasteiger partial charge >= 0.3 is 0 Å². The van der Waals surface area contributed by atoms with Gasteiger partial charge in [-0.05, 0) is 50.4 Å². The minimum Gasteiger partial charge on any atom is -0.342 e. The lowest BCUT2D eigenvalue weighted by Crippen LogP contribution is -2.30. The molecule has 0 bridgehead atoms. The van der Waals surface area contributed by atoms with Crippen molar-refractivity contribution >= 4 is 5.91 Å². The number of aryl methyl sites for hydroxylation is 2. The molecule has 3 heteroatoms. The largest absolute Gasteiger partial charge is 0.342 e. The molecule has 1 heterocycles. The third-order valence-electron chi connectivity index (χ3n) is 4.00. The molecule has 1 saturated heterocycles. The molecule has 0 saturated carbocycles. The number of nitrogens with zero attached hydrogens (tertiary/aromatic N) is 1. The third kappa shape index (κ3) is 3.80. The van der Waals surface area contributed by atoms with E-state index in [1.54, 1.807) is 0 Å². The van der Waals surface area contributed by atoms with Gasteiger partial charge in [-0.1, -0.05) is 24.3 Å². The number of nitrogens with one attached hydrogen (secondary N) is 1. The minimum absolute atomic E-state index is 0.307. The predicted octanol–water partition coefficient (Wildman–Crippen LogP) is 2.00. The summed E-state index contributed by atoms with van der Waals surface area (Å²) in [5, 5.41) is 3.20. The molecular formula is C16H24N2O. The van der Waals surface area contributed by atoms with Crippen LogP contribution in [0.1, 0.15) is 24.0 Å². The molecule has 104 valence electrons. The van der Waals surface area contributed by atoms with Gasteiger partial charge in [0.15, 0.2) is 0 Å². The van der Waals surface area contributed by atoms with E-state index < -0.39 is 0 Å². The number of carbonyl (C=O) groups excluding carboxylic acids is 1. The molecular weight excluding hydrogens is 236 g/mol. The summed E-state index contributed by atoms with van der Waals surface area (Å²) in [7, 11) is 1.97. The zero-order valence-electron chi connectivity index (χ0n) is 12.0. The summed E-state index contributed by atoms with van der Waals surface area (Å²) in [6, 6.07) is 8.32. The molecule has 1 fully saturated rings. The normalized spacial score (nSPS) is 18.8. The molecule has 1 aromatic carbocycles. The first-order chi connectivity index (χ1) is 9.20. The standard InChI is InChI=1S/C16H24N2O/c1-13-5-3-4-6-15(13)7-8-16(19)18-10-9-14(12-18)11-17-2/h3-6,14,17H,7-12H2,1-2H3. The monoisotopic (exact) mass is 260 g/mol. The van der Waals surface area contributed by atoms with Gasteiger partial charge in [0, 0.05) is 19.5 Å². The summed E-state index contributed by atoms with van der Waals surface area (Å²) in [6.07, 6.45) is 2.63. The Morgan fingerprint density at radius 3 is 2.95 bits per heavy atom. The van der Waals surface area contributed by atoms with Gasteiger partial charge in [0.2, 0.25) is 5.91 Å². The molecule has 1 aromatic rings. The maximum absolute atomic E-state index is 12.2. The van der Waals surface area contributed by atoms with Crippen molar-refractivity contribution in [2.24, 2.45) is 5.92 Å². The van der Waals surface area contributed by atoms with Crippen LogP contribution in [0.25, 0.3) is 0 Å². The van der Waals surface area contributed by atoms with Gasteiger partial charge in [-0.3, -0.25) is 4.79 Å². The van der Waals surface area contributed by atoms with E-state index in [1.807, 2.05) is 24.1 Å². The van der Waals surface area contributed by atoms with Gasteiger partial charge in [0.25, 0.3) is 0 Å². The second-order valence-electron chi connectivity index (χ2n) is 5.48. The Morgan fingerprint density at radius 1 is 1.42 bits per heavy atom. The molecule has 0 spiro atoms. The maximum Gasteiger partial charge on any atom is 0.222 e. The molecule has 1 N–H and O–H groups in total.